The van der Waals surface area contributed by atoms with Crippen molar-refractivity contribution < 1.29 is 9.13 Å². The minimum Gasteiger partial charge on any atom is -0.374 e. The zero-order chi connectivity index (χ0) is 18.1. The summed E-state index contributed by atoms with van der Waals surface area (Å²) in [6, 6.07) is 0.650. The molecule has 2 atom stereocenters. The second kappa shape index (κ2) is 5.48. The van der Waals surface area contributed by atoms with Crippen molar-refractivity contribution in [2.24, 2.45) is 5.92 Å². The van der Waals surface area contributed by atoms with Gasteiger partial charge in [0.25, 0.3) is 0 Å². The molecule has 0 unspecified atom stereocenters. The number of hydrogen-bond donors (Lipinski definition) is 1. The van der Waals surface area contributed by atoms with Gasteiger partial charge in [-0.3, -0.25) is 0 Å². The van der Waals surface area contributed by atoms with E-state index in [0.29, 0.717) is 42.4 Å². The molecule has 2 aromatic rings. The first kappa shape index (κ1) is 15.5. The zero-order valence-corrected chi connectivity index (χ0v) is 14.8. The van der Waals surface area contributed by atoms with Gasteiger partial charge in [0, 0.05) is 37.1 Å². The van der Waals surface area contributed by atoms with Crippen LogP contribution in [0.15, 0.2) is 12.4 Å². The van der Waals surface area contributed by atoms with Gasteiger partial charge in [-0.05, 0) is 25.2 Å². The first-order valence-electron chi connectivity index (χ1n) is 9.46. The van der Waals surface area contributed by atoms with Crippen LogP contribution in [-0.4, -0.2) is 57.8 Å². The van der Waals surface area contributed by atoms with Crippen LogP contribution in [0.2, 0.25) is 0 Å². The van der Waals surface area contributed by atoms with E-state index in [-0.39, 0.29) is 23.8 Å². The maximum Gasteiger partial charge on any atom is 0.228 e. The Kier molecular flexibility index (Phi) is 3.15. The Morgan fingerprint density at radius 2 is 1.85 bits per heavy atom. The molecule has 2 aromatic heterocycles. The van der Waals surface area contributed by atoms with Gasteiger partial charge in [0.05, 0.1) is 18.8 Å². The van der Waals surface area contributed by atoms with Crippen molar-refractivity contribution in [3.05, 3.63) is 18.2 Å². The highest BCUT2D eigenvalue weighted by atomic mass is 19.1. The number of anilines is 3. The first-order chi connectivity index (χ1) is 13.2. The van der Waals surface area contributed by atoms with Crippen molar-refractivity contribution in [3.8, 4) is 11.3 Å². The van der Waals surface area contributed by atoms with E-state index in [1.165, 1.54) is 25.2 Å². The topological polar surface area (TPSA) is 93.3 Å². The van der Waals surface area contributed by atoms with Gasteiger partial charge < -0.3 is 20.3 Å². The molecule has 6 heterocycles. The minimum atomic E-state index is -0.425. The SMILES string of the molecule is Nc1ncc(-c2nc(N3CC4CC3C4)nc(N3C[C@@H]4C[C@H]3CO4)c2F)cn1. The predicted octanol–water partition coefficient (Wildman–Crippen LogP) is 1.23. The molecule has 0 amide bonds. The molecule has 4 saturated heterocycles. The molecule has 4 bridgehead atoms. The number of nitrogen functional groups attached to an aromatic ring is 1. The number of hydrogen-bond acceptors (Lipinski definition) is 8. The second-order valence-electron chi connectivity index (χ2n) is 7.98. The molecule has 0 aromatic carbocycles. The van der Waals surface area contributed by atoms with Crippen molar-refractivity contribution in [1.29, 1.82) is 0 Å². The molecule has 5 fully saturated rings. The summed E-state index contributed by atoms with van der Waals surface area (Å²) in [5, 5.41) is 0. The molecule has 5 aliphatic rings. The normalized spacial score (nSPS) is 30.9. The highest BCUT2D eigenvalue weighted by Gasteiger charge is 2.45. The summed E-state index contributed by atoms with van der Waals surface area (Å²) >= 11 is 0. The third-order valence-electron chi connectivity index (χ3n) is 6.30. The molecule has 1 saturated carbocycles. The number of nitrogens with two attached hydrogens (primary N) is 1. The lowest BCUT2D eigenvalue weighted by Gasteiger charge is -2.30. The van der Waals surface area contributed by atoms with E-state index in [9.17, 15) is 0 Å². The van der Waals surface area contributed by atoms with E-state index >= 15 is 4.39 Å². The van der Waals surface area contributed by atoms with Crippen LogP contribution < -0.4 is 15.5 Å². The van der Waals surface area contributed by atoms with Crippen molar-refractivity contribution >= 4 is 17.7 Å². The fourth-order valence-corrected chi connectivity index (χ4v) is 4.83. The molecule has 0 spiro atoms. The maximum atomic E-state index is 15.5. The van der Waals surface area contributed by atoms with E-state index in [0.717, 1.165) is 13.0 Å². The zero-order valence-electron chi connectivity index (χ0n) is 14.8. The van der Waals surface area contributed by atoms with Gasteiger partial charge in [0.2, 0.25) is 11.9 Å². The van der Waals surface area contributed by atoms with Crippen molar-refractivity contribution in [3.63, 3.8) is 0 Å². The van der Waals surface area contributed by atoms with E-state index in [2.05, 4.69) is 24.8 Å². The Morgan fingerprint density at radius 1 is 1.04 bits per heavy atom. The van der Waals surface area contributed by atoms with Gasteiger partial charge in [0.15, 0.2) is 11.6 Å². The predicted molar refractivity (Wildman–Crippen MR) is 96.8 cm³/mol. The smallest absolute Gasteiger partial charge is 0.228 e. The lowest BCUT2D eigenvalue weighted by Crippen LogP contribution is -2.39. The Balaban J connectivity index is 1.48. The molecule has 1 aliphatic carbocycles. The molecular weight excluding hydrogens is 349 g/mol. The van der Waals surface area contributed by atoms with E-state index in [1.54, 1.807) is 0 Å². The summed E-state index contributed by atoms with van der Waals surface area (Å²) in [5.74, 6) is 1.42. The quantitative estimate of drug-likeness (QED) is 0.864. The lowest BCUT2D eigenvalue weighted by atomic mass is 9.86. The van der Waals surface area contributed by atoms with Gasteiger partial charge in [-0.2, -0.15) is 4.98 Å². The fourth-order valence-electron chi connectivity index (χ4n) is 4.83. The lowest BCUT2D eigenvalue weighted by molar-refractivity contribution is 0.0986. The van der Waals surface area contributed by atoms with Crippen molar-refractivity contribution in [2.45, 2.75) is 37.5 Å². The monoisotopic (exact) mass is 369 g/mol. The average Bonchev–Trinajstić information content (AvgIpc) is 3.42. The molecule has 4 aliphatic heterocycles. The summed E-state index contributed by atoms with van der Waals surface area (Å²) in [5.41, 5.74) is 6.34. The molecule has 8 nitrogen and oxygen atoms in total. The third kappa shape index (κ3) is 2.30. The van der Waals surface area contributed by atoms with Gasteiger partial charge >= 0.3 is 0 Å². The van der Waals surface area contributed by atoms with Crippen LogP contribution in [-0.2, 0) is 4.74 Å². The molecule has 140 valence electrons. The minimum absolute atomic E-state index is 0.156. The van der Waals surface area contributed by atoms with Crippen LogP contribution >= 0.6 is 0 Å². The molecule has 7 rings (SSSR count). The number of rotatable bonds is 3. The van der Waals surface area contributed by atoms with E-state index in [1.807, 2.05) is 4.90 Å². The number of aromatic nitrogens is 4. The molecular formula is C18H20FN7O. The fraction of sp³-hybridized carbons (Fsp3) is 0.556. The van der Waals surface area contributed by atoms with Gasteiger partial charge in [0.1, 0.15) is 5.69 Å². The Bertz CT molecular complexity index is 901. The third-order valence-corrected chi connectivity index (χ3v) is 6.30. The summed E-state index contributed by atoms with van der Waals surface area (Å²) in [4.78, 5) is 21.5. The highest BCUT2D eigenvalue weighted by molar-refractivity contribution is 5.66. The number of halogens is 1. The van der Waals surface area contributed by atoms with Crippen LogP contribution in [0.5, 0.6) is 0 Å². The molecule has 2 N–H and O–H groups in total. The van der Waals surface area contributed by atoms with Crippen molar-refractivity contribution in [1.82, 2.24) is 19.9 Å². The number of nitrogens with zero attached hydrogens (tertiary/aromatic N) is 6. The van der Waals surface area contributed by atoms with E-state index < -0.39 is 5.82 Å². The largest absolute Gasteiger partial charge is 0.374 e. The van der Waals surface area contributed by atoms with Crippen LogP contribution in [0.3, 0.4) is 0 Å². The molecule has 9 heteroatoms. The van der Waals surface area contributed by atoms with Crippen molar-refractivity contribution in [2.75, 3.05) is 35.2 Å². The first-order valence-corrected chi connectivity index (χ1v) is 9.46. The van der Waals surface area contributed by atoms with Gasteiger partial charge in [-0.1, -0.05) is 0 Å². The van der Waals surface area contributed by atoms with Crippen LogP contribution in [0, 0.1) is 11.7 Å². The maximum absolute atomic E-state index is 15.5. The Hall–Kier alpha value is -2.55. The van der Waals surface area contributed by atoms with Crippen LogP contribution in [0.25, 0.3) is 11.3 Å². The van der Waals surface area contributed by atoms with Gasteiger partial charge in [-0.25, -0.2) is 19.3 Å². The number of ether oxygens (including phenoxy) is 1. The van der Waals surface area contributed by atoms with Crippen LogP contribution in [0.4, 0.5) is 22.1 Å². The van der Waals surface area contributed by atoms with Gasteiger partial charge in [-0.15, -0.1) is 0 Å². The summed E-state index contributed by atoms with van der Waals surface area (Å²) in [6.07, 6.45) is 6.48. The summed E-state index contributed by atoms with van der Waals surface area (Å²) in [7, 11) is 0. The highest BCUT2D eigenvalue weighted by Crippen LogP contribution is 2.44. The number of fused-ring (bicyclic) bond motifs is 3. The molecule has 27 heavy (non-hydrogen) atoms. The number of morpholine rings is 1. The van der Waals surface area contributed by atoms with Crippen LogP contribution in [0.1, 0.15) is 19.3 Å². The summed E-state index contributed by atoms with van der Waals surface area (Å²) < 4.78 is 21.2. The summed E-state index contributed by atoms with van der Waals surface area (Å²) in [6.45, 7) is 2.24. The molecule has 0 radical (unpaired) electrons. The second-order valence-corrected chi connectivity index (χ2v) is 7.98. The average molecular weight is 369 g/mol. The standard InChI is InChI=1S/C18H20FN7O/c19-14-15(10-4-21-17(20)22-5-10)23-18(26-6-9-1-11(26)2-9)24-16(14)25-7-13-3-12(25)8-27-13/h4-5,9,11-13H,1-3,6-8H2,(H2,20,21,22)/t9?,11?,12-,13-/m0/s1. The Labute approximate surface area is 155 Å². The van der Waals surface area contributed by atoms with E-state index in [4.69, 9.17) is 10.5 Å². The Morgan fingerprint density at radius 3 is 2.48 bits per heavy atom.